The molecule has 1 aliphatic carbocycles. The molecule has 1 aliphatic rings. The highest BCUT2D eigenvalue weighted by atomic mass is 35.5. The fourth-order valence-corrected chi connectivity index (χ4v) is 5.09. The van der Waals surface area contributed by atoms with E-state index in [0.29, 0.717) is 4.88 Å². The molecule has 0 bridgehead atoms. The molecule has 0 spiro atoms. The zero-order valence-corrected chi connectivity index (χ0v) is 16.2. The first kappa shape index (κ1) is 19.3. The van der Waals surface area contributed by atoms with E-state index in [1.807, 2.05) is 10.9 Å². The number of halogens is 2. The van der Waals surface area contributed by atoms with Gasteiger partial charge in [0.2, 0.25) is 0 Å². The van der Waals surface area contributed by atoms with E-state index in [0.717, 1.165) is 43.4 Å². The summed E-state index contributed by atoms with van der Waals surface area (Å²) in [5.74, 6) is -1.54. The van der Waals surface area contributed by atoms with E-state index in [4.69, 9.17) is 11.6 Å². The number of carbonyl (C=O) groups excluding carboxylic acids is 1. The van der Waals surface area contributed by atoms with Crippen molar-refractivity contribution in [1.29, 1.82) is 0 Å². The second kappa shape index (κ2) is 8.04. The Morgan fingerprint density at radius 1 is 1.12 bits per heavy atom. The number of hydrazine groups is 1. The van der Waals surface area contributed by atoms with E-state index >= 15 is 0 Å². The highest BCUT2D eigenvalue weighted by Crippen LogP contribution is 2.28. The van der Waals surface area contributed by atoms with E-state index in [9.17, 15) is 17.6 Å². The summed E-state index contributed by atoms with van der Waals surface area (Å²) in [4.78, 5) is 15.3. The molecule has 26 heavy (non-hydrogen) atoms. The summed E-state index contributed by atoms with van der Waals surface area (Å²) >= 11 is 7.00. The fraction of sp³-hybridized carbons (Fsp3) is 0.353. The zero-order valence-electron chi connectivity index (χ0n) is 13.8. The molecule has 1 aromatic carbocycles. The lowest BCUT2D eigenvalue weighted by molar-refractivity contribution is 0.0949. The van der Waals surface area contributed by atoms with Crippen LogP contribution in [0.25, 0.3) is 0 Å². The molecule has 0 unspecified atom stereocenters. The first-order valence-corrected chi connectivity index (χ1v) is 10.9. The number of carbonyl (C=O) groups is 1. The largest absolute Gasteiger partial charge is 0.276 e. The molecular formula is C17H18ClFN2O3S2. The normalized spacial score (nSPS) is 15.0. The van der Waals surface area contributed by atoms with Crippen LogP contribution in [0.5, 0.6) is 0 Å². The maximum absolute atomic E-state index is 13.8. The number of thiophene rings is 1. The highest BCUT2D eigenvalue weighted by molar-refractivity contribution is 7.89. The molecule has 1 heterocycles. The van der Waals surface area contributed by atoms with E-state index in [1.54, 1.807) is 0 Å². The molecule has 1 aromatic heterocycles. The van der Waals surface area contributed by atoms with E-state index in [-0.39, 0.29) is 5.02 Å². The molecule has 5 nitrogen and oxygen atoms in total. The minimum Gasteiger partial charge on any atom is -0.273 e. The Morgan fingerprint density at radius 2 is 1.85 bits per heavy atom. The van der Waals surface area contributed by atoms with Crippen molar-refractivity contribution in [2.45, 2.75) is 43.4 Å². The molecule has 0 radical (unpaired) electrons. The predicted molar refractivity (Wildman–Crippen MR) is 99.4 cm³/mol. The van der Waals surface area contributed by atoms with Gasteiger partial charge in [0.05, 0.1) is 4.88 Å². The van der Waals surface area contributed by atoms with E-state index in [1.165, 1.54) is 35.1 Å². The maximum Gasteiger partial charge on any atom is 0.276 e. The second-order valence-corrected chi connectivity index (χ2v) is 9.33. The van der Waals surface area contributed by atoms with E-state index < -0.39 is 26.6 Å². The van der Waals surface area contributed by atoms with E-state index in [2.05, 4.69) is 5.43 Å². The average Bonchev–Trinajstić information content (AvgIpc) is 2.94. The molecular weight excluding hydrogens is 399 g/mol. The number of sulfonamides is 1. The summed E-state index contributed by atoms with van der Waals surface area (Å²) in [6.45, 7) is 0. The van der Waals surface area contributed by atoms with Crippen LogP contribution in [0, 0.1) is 5.82 Å². The molecule has 0 fully saturated rings. The number of aryl methyl sites for hydroxylation is 2. The standard InChI is InChI=1S/C17H18ClFN2O3S2/c18-12-7-8-16(13(19)10-12)26(23,24)21-20-17(22)15-9-11-5-3-1-2-4-6-14(11)25-15/h7-10,21H,1-6H2,(H,20,22). The summed E-state index contributed by atoms with van der Waals surface area (Å²) < 4.78 is 38.2. The number of rotatable bonds is 4. The third-order valence-electron chi connectivity index (χ3n) is 4.20. The van der Waals surface area contributed by atoms with Gasteiger partial charge in [0.15, 0.2) is 0 Å². The van der Waals surface area contributed by atoms with Gasteiger partial charge in [-0.05, 0) is 55.5 Å². The van der Waals surface area contributed by atoms with Gasteiger partial charge in [0, 0.05) is 9.90 Å². The summed E-state index contributed by atoms with van der Waals surface area (Å²) in [7, 11) is -4.24. The van der Waals surface area contributed by atoms with Crippen LogP contribution in [0.2, 0.25) is 5.02 Å². The minimum atomic E-state index is -4.24. The monoisotopic (exact) mass is 416 g/mol. The van der Waals surface area contributed by atoms with Crippen molar-refractivity contribution < 1.29 is 17.6 Å². The van der Waals surface area contributed by atoms with Crippen molar-refractivity contribution in [3.63, 3.8) is 0 Å². The van der Waals surface area contributed by atoms with Gasteiger partial charge in [-0.3, -0.25) is 10.2 Å². The van der Waals surface area contributed by atoms with Gasteiger partial charge in [0.25, 0.3) is 15.9 Å². The first-order chi connectivity index (χ1) is 12.4. The molecule has 1 amide bonds. The summed E-state index contributed by atoms with van der Waals surface area (Å²) in [5, 5.41) is 0.0847. The Labute approximate surface area is 160 Å². The Hall–Kier alpha value is -1.48. The highest BCUT2D eigenvalue weighted by Gasteiger charge is 2.21. The third-order valence-corrected chi connectivity index (χ3v) is 6.95. The van der Waals surface area contributed by atoms with Crippen molar-refractivity contribution in [3.8, 4) is 0 Å². The SMILES string of the molecule is O=C(NNS(=O)(=O)c1ccc(Cl)cc1F)c1cc2c(s1)CCCCCC2. The molecule has 0 aliphatic heterocycles. The third kappa shape index (κ3) is 4.43. The Morgan fingerprint density at radius 3 is 2.58 bits per heavy atom. The zero-order chi connectivity index (χ0) is 18.7. The van der Waals surface area contributed by atoms with Gasteiger partial charge in [-0.2, -0.15) is 0 Å². The number of fused-ring (bicyclic) bond motifs is 1. The average molecular weight is 417 g/mol. The lowest BCUT2D eigenvalue weighted by atomic mass is 10.00. The van der Waals surface area contributed by atoms with Crippen molar-refractivity contribution in [1.82, 2.24) is 10.3 Å². The quantitative estimate of drug-likeness (QED) is 0.744. The topological polar surface area (TPSA) is 75.3 Å². The van der Waals surface area contributed by atoms with Gasteiger partial charge in [-0.15, -0.1) is 16.2 Å². The van der Waals surface area contributed by atoms with Gasteiger partial charge >= 0.3 is 0 Å². The number of nitrogens with one attached hydrogen (secondary N) is 2. The first-order valence-electron chi connectivity index (χ1n) is 8.25. The molecule has 2 aromatic rings. The molecule has 3 rings (SSSR count). The number of hydrogen-bond acceptors (Lipinski definition) is 4. The van der Waals surface area contributed by atoms with Gasteiger partial charge in [-0.25, -0.2) is 12.8 Å². The van der Waals surface area contributed by atoms with Crippen LogP contribution in [0.4, 0.5) is 4.39 Å². The smallest absolute Gasteiger partial charge is 0.273 e. The predicted octanol–water partition coefficient (Wildman–Crippen LogP) is 3.82. The van der Waals surface area contributed by atoms with Crippen molar-refractivity contribution in [2.75, 3.05) is 0 Å². The molecule has 140 valence electrons. The number of amides is 1. The van der Waals surface area contributed by atoms with Crippen molar-refractivity contribution in [3.05, 3.63) is 50.4 Å². The molecule has 9 heteroatoms. The van der Waals surface area contributed by atoms with Gasteiger partial charge in [0.1, 0.15) is 10.7 Å². The van der Waals surface area contributed by atoms with Crippen molar-refractivity contribution in [2.24, 2.45) is 0 Å². The molecule has 0 saturated carbocycles. The summed E-state index contributed by atoms with van der Waals surface area (Å²) in [6, 6.07) is 5.03. The number of benzene rings is 1. The van der Waals surface area contributed by atoms with Crippen LogP contribution in [-0.2, 0) is 22.9 Å². The molecule has 0 atom stereocenters. The molecule has 0 saturated heterocycles. The number of hydrogen-bond donors (Lipinski definition) is 2. The minimum absolute atomic E-state index is 0.0847. The Bertz CT molecular complexity index is 903. The maximum atomic E-state index is 13.8. The van der Waals surface area contributed by atoms with Crippen LogP contribution in [0.1, 0.15) is 45.8 Å². The van der Waals surface area contributed by atoms with Crippen LogP contribution in [-0.4, -0.2) is 14.3 Å². The lowest BCUT2D eigenvalue weighted by Crippen LogP contribution is -2.41. The summed E-state index contributed by atoms with van der Waals surface area (Å²) in [6.07, 6.45) is 6.43. The van der Waals surface area contributed by atoms with Crippen LogP contribution >= 0.6 is 22.9 Å². The van der Waals surface area contributed by atoms with Gasteiger partial charge < -0.3 is 0 Å². The van der Waals surface area contributed by atoms with Crippen LogP contribution < -0.4 is 10.3 Å². The lowest BCUT2D eigenvalue weighted by Gasteiger charge is -2.08. The van der Waals surface area contributed by atoms with Crippen molar-refractivity contribution >= 4 is 38.9 Å². The molecule has 2 N–H and O–H groups in total. The Balaban J connectivity index is 1.71. The van der Waals surface area contributed by atoms with Crippen LogP contribution in [0.3, 0.4) is 0 Å². The van der Waals surface area contributed by atoms with Crippen LogP contribution in [0.15, 0.2) is 29.2 Å². The second-order valence-electron chi connectivity index (χ2n) is 6.11. The van der Waals surface area contributed by atoms with Gasteiger partial charge in [-0.1, -0.05) is 24.4 Å². The fourth-order valence-electron chi connectivity index (χ4n) is 2.88. The Kier molecular flexibility index (Phi) is 5.96. The summed E-state index contributed by atoms with van der Waals surface area (Å²) in [5.41, 5.74) is 3.31.